The molecule has 1 aliphatic rings. The third-order valence-corrected chi connectivity index (χ3v) is 4.13. The summed E-state index contributed by atoms with van der Waals surface area (Å²) in [4.78, 5) is 18.9. The molecule has 2 atom stereocenters. The topological polar surface area (TPSA) is 59.2 Å². The van der Waals surface area contributed by atoms with E-state index in [-0.39, 0.29) is 23.5 Å². The molecule has 0 aromatic carbocycles. The zero-order valence-corrected chi connectivity index (χ0v) is 13.9. The molecule has 2 N–H and O–H groups in total. The Hall–Kier alpha value is -0.940. The van der Waals surface area contributed by atoms with Crippen LogP contribution in [0.5, 0.6) is 0 Å². The molecule has 2 unspecified atom stereocenters. The summed E-state index contributed by atoms with van der Waals surface area (Å²) < 4.78 is 0.928. The highest BCUT2D eigenvalue weighted by Gasteiger charge is 2.39. The van der Waals surface area contributed by atoms with E-state index in [1.807, 2.05) is 17.0 Å². The van der Waals surface area contributed by atoms with Crippen LogP contribution in [0, 0.1) is 0 Å². The number of amides is 1. The van der Waals surface area contributed by atoms with Gasteiger partial charge in [-0.15, -0.1) is 0 Å². The molecule has 2 heterocycles. The highest BCUT2D eigenvalue weighted by molar-refractivity contribution is 9.10. The molecule has 1 aromatic heterocycles. The molecule has 110 valence electrons. The maximum absolute atomic E-state index is 12.5. The summed E-state index contributed by atoms with van der Waals surface area (Å²) in [5.41, 5.74) is 6.95. The third kappa shape index (κ3) is 3.20. The summed E-state index contributed by atoms with van der Waals surface area (Å²) in [5.74, 6) is 0.167. The van der Waals surface area contributed by atoms with Gasteiger partial charge in [0.2, 0.25) is 5.91 Å². The molecule has 0 bridgehead atoms. The van der Waals surface area contributed by atoms with Crippen LogP contribution in [-0.2, 0) is 4.79 Å². The first-order valence-electron chi connectivity index (χ1n) is 7.00. The minimum absolute atomic E-state index is 0.0747. The van der Waals surface area contributed by atoms with Gasteiger partial charge in [0.05, 0.1) is 11.7 Å². The van der Waals surface area contributed by atoms with Gasteiger partial charge < -0.3 is 10.6 Å². The number of likely N-dealkylation sites (tertiary alicyclic amines) is 1. The van der Waals surface area contributed by atoms with Gasteiger partial charge in [-0.3, -0.25) is 9.78 Å². The molecule has 4 nitrogen and oxygen atoms in total. The van der Waals surface area contributed by atoms with Crippen molar-refractivity contribution in [2.24, 2.45) is 5.73 Å². The fraction of sp³-hybridized carbons (Fsp3) is 0.600. The zero-order chi connectivity index (χ0) is 14.9. The van der Waals surface area contributed by atoms with E-state index >= 15 is 0 Å². The van der Waals surface area contributed by atoms with E-state index in [1.165, 1.54) is 0 Å². The Kier molecular flexibility index (Phi) is 4.49. The van der Waals surface area contributed by atoms with Crippen molar-refractivity contribution < 1.29 is 4.79 Å². The maximum Gasteiger partial charge on any atom is 0.223 e. The van der Waals surface area contributed by atoms with Crippen LogP contribution in [0.4, 0.5) is 0 Å². The Balaban J connectivity index is 2.46. The molecule has 1 aliphatic heterocycles. The number of pyridine rings is 1. The molecule has 0 radical (unpaired) electrons. The summed E-state index contributed by atoms with van der Waals surface area (Å²) in [6.07, 6.45) is 4.02. The number of halogens is 1. The summed E-state index contributed by atoms with van der Waals surface area (Å²) in [5, 5.41) is 0. The van der Waals surface area contributed by atoms with E-state index in [2.05, 4.69) is 41.7 Å². The van der Waals surface area contributed by atoms with E-state index in [9.17, 15) is 4.79 Å². The van der Waals surface area contributed by atoms with Crippen molar-refractivity contribution in [1.29, 1.82) is 0 Å². The first kappa shape index (κ1) is 15.4. The Morgan fingerprint density at radius 2 is 2.10 bits per heavy atom. The molecule has 0 saturated carbocycles. The average molecular weight is 340 g/mol. The van der Waals surface area contributed by atoms with Crippen LogP contribution in [0.25, 0.3) is 0 Å². The monoisotopic (exact) mass is 339 g/mol. The molecule has 1 fully saturated rings. The van der Waals surface area contributed by atoms with Crippen LogP contribution in [0.3, 0.4) is 0 Å². The number of hydrogen-bond donors (Lipinski definition) is 1. The Morgan fingerprint density at radius 1 is 1.40 bits per heavy atom. The number of aromatic nitrogens is 1. The van der Waals surface area contributed by atoms with Crippen LogP contribution < -0.4 is 5.73 Å². The van der Waals surface area contributed by atoms with Crippen LogP contribution in [-0.4, -0.2) is 27.4 Å². The zero-order valence-electron chi connectivity index (χ0n) is 12.3. The molecule has 0 aliphatic carbocycles. The standard InChI is InChI=1S/C15H22BrN3O/c1-15(2,3)19-13(20)6-4-5-11(17)14(19)12-8-7-10(16)9-18-12/h7-9,11,14H,4-6,17H2,1-3H3. The molecular weight excluding hydrogens is 318 g/mol. The van der Waals surface area contributed by atoms with Crippen LogP contribution in [0.2, 0.25) is 0 Å². The number of carbonyl (C=O) groups excluding carboxylic acids is 1. The molecule has 2 rings (SSSR count). The molecule has 5 heteroatoms. The first-order valence-corrected chi connectivity index (χ1v) is 7.79. The number of carbonyl (C=O) groups is 1. The lowest BCUT2D eigenvalue weighted by Crippen LogP contribution is -2.51. The van der Waals surface area contributed by atoms with Gasteiger partial charge in [-0.05, 0) is 61.7 Å². The van der Waals surface area contributed by atoms with Crippen molar-refractivity contribution in [3.63, 3.8) is 0 Å². The summed E-state index contributed by atoms with van der Waals surface area (Å²) in [7, 11) is 0. The fourth-order valence-electron chi connectivity index (χ4n) is 2.82. The summed E-state index contributed by atoms with van der Waals surface area (Å²) in [6.45, 7) is 6.15. The fourth-order valence-corrected chi connectivity index (χ4v) is 3.05. The minimum atomic E-state index is -0.265. The lowest BCUT2D eigenvalue weighted by atomic mass is 9.95. The second kappa shape index (κ2) is 5.82. The van der Waals surface area contributed by atoms with Crippen LogP contribution in [0.15, 0.2) is 22.8 Å². The van der Waals surface area contributed by atoms with Gasteiger partial charge in [0.1, 0.15) is 0 Å². The van der Waals surface area contributed by atoms with Crippen molar-refractivity contribution in [3.8, 4) is 0 Å². The Morgan fingerprint density at radius 3 is 2.65 bits per heavy atom. The van der Waals surface area contributed by atoms with E-state index < -0.39 is 0 Å². The van der Waals surface area contributed by atoms with E-state index in [0.29, 0.717) is 6.42 Å². The number of hydrogen-bond acceptors (Lipinski definition) is 3. The highest BCUT2D eigenvalue weighted by Crippen LogP contribution is 2.34. The van der Waals surface area contributed by atoms with Gasteiger partial charge in [0.15, 0.2) is 0 Å². The van der Waals surface area contributed by atoms with Gasteiger partial charge in [0.25, 0.3) is 0 Å². The van der Waals surface area contributed by atoms with Crippen molar-refractivity contribution in [1.82, 2.24) is 9.88 Å². The smallest absolute Gasteiger partial charge is 0.223 e. The van der Waals surface area contributed by atoms with Gasteiger partial charge in [-0.25, -0.2) is 0 Å². The summed E-state index contributed by atoms with van der Waals surface area (Å²) >= 11 is 3.39. The predicted octanol–water partition coefficient (Wildman–Crippen LogP) is 3.02. The SMILES string of the molecule is CC(C)(C)N1C(=O)CCCC(N)C1c1ccc(Br)cn1. The third-order valence-electron chi connectivity index (χ3n) is 3.66. The second-order valence-corrected chi connectivity index (χ2v) is 7.25. The minimum Gasteiger partial charge on any atom is -0.328 e. The Bertz CT molecular complexity index is 481. The number of rotatable bonds is 1. The average Bonchev–Trinajstić information content (AvgIpc) is 2.49. The lowest BCUT2D eigenvalue weighted by Gasteiger charge is -2.42. The van der Waals surface area contributed by atoms with E-state index in [4.69, 9.17) is 5.73 Å². The number of nitrogens with zero attached hydrogens (tertiary/aromatic N) is 2. The summed E-state index contributed by atoms with van der Waals surface area (Å²) in [6, 6.07) is 3.67. The van der Waals surface area contributed by atoms with Crippen LogP contribution >= 0.6 is 15.9 Å². The molecule has 20 heavy (non-hydrogen) atoms. The van der Waals surface area contributed by atoms with E-state index in [1.54, 1.807) is 6.20 Å². The van der Waals surface area contributed by atoms with Crippen molar-refractivity contribution in [2.75, 3.05) is 0 Å². The molecular formula is C15H22BrN3O. The first-order chi connectivity index (χ1) is 9.30. The van der Waals surface area contributed by atoms with Gasteiger partial charge in [-0.2, -0.15) is 0 Å². The van der Waals surface area contributed by atoms with Crippen molar-refractivity contribution >= 4 is 21.8 Å². The molecule has 1 amide bonds. The number of nitrogens with two attached hydrogens (primary N) is 1. The second-order valence-electron chi connectivity index (χ2n) is 6.34. The predicted molar refractivity (Wildman–Crippen MR) is 83.1 cm³/mol. The maximum atomic E-state index is 12.5. The molecule has 0 spiro atoms. The quantitative estimate of drug-likeness (QED) is 0.855. The molecule has 1 saturated heterocycles. The lowest BCUT2D eigenvalue weighted by molar-refractivity contribution is -0.139. The normalized spacial score (nSPS) is 24.6. The van der Waals surface area contributed by atoms with Crippen molar-refractivity contribution in [2.45, 2.75) is 57.7 Å². The van der Waals surface area contributed by atoms with Crippen molar-refractivity contribution in [3.05, 3.63) is 28.5 Å². The van der Waals surface area contributed by atoms with Gasteiger partial charge in [-0.1, -0.05) is 0 Å². The largest absolute Gasteiger partial charge is 0.328 e. The van der Waals surface area contributed by atoms with Gasteiger partial charge in [0, 0.05) is 28.7 Å². The Labute approximate surface area is 128 Å². The molecule has 1 aromatic rings. The van der Waals surface area contributed by atoms with Gasteiger partial charge >= 0.3 is 0 Å². The van der Waals surface area contributed by atoms with E-state index in [0.717, 1.165) is 23.0 Å². The highest BCUT2D eigenvalue weighted by atomic mass is 79.9. The van der Waals surface area contributed by atoms with Crippen LogP contribution in [0.1, 0.15) is 51.8 Å².